The molecule has 0 bridgehead atoms. The Morgan fingerprint density at radius 1 is 0.967 bits per heavy atom. The van der Waals surface area contributed by atoms with Crippen molar-refractivity contribution in [1.29, 1.82) is 0 Å². The van der Waals surface area contributed by atoms with Gasteiger partial charge in [0.25, 0.3) is 5.91 Å². The van der Waals surface area contributed by atoms with E-state index < -0.39 is 11.7 Å². The van der Waals surface area contributed by atoms with Crippen LogP contribution in [-0.4, -0.2) is 30.1 Å². The first kappa shape index (κ1) is 23.7. The van der Waals surface area contributed by atoms with Gasteiger partial charge in [-0.25, -0.2) is 4.79 Å². The van der Waals surface area contributed by atoms with Gasteiger partial charge in [0.1, 0.15) is 5.60 Å². The number of para-hydroxylation sites is 1. The number of halogens is 1. The molecule has 0 atom stereocenters. The van der Waals surface area contributed by atoms with Gasteiger partial charge in [-0.05, 0) is 67.1 Å². The molecule has 30 heavy (non-hydrogen) atoms. The molecule has 2 aromatic carbocycles. The van der Waals surface area contributed by atoms with Crippen LogP contribution >= 0.6 is 22.6 Å². The topological polar surface area (TPSA) is 96.5 Å². The molecule has 0 fully saturated rings. The van der Waals surface area contributed by atoms with Crippen LogP contribution < -0.4 is 16.0 Å². The molecular formula is C22H26IN3O4. The first-order chi connectivity index (χ1) is 14.2. The van der Waals surface area contributed by atoms with Crippen LogP contribution in [0.3, 0.4) is 0 Å². The maximum absolute atomic E-state index is 12.4. The second-order valence-electron chi connectivity index (χ2n) is 7.55. The number of hydrogen-bond donors (Lipinski definition) is 3. The molecule has 0 aliphatic rings. The third kappa shape index (κ3) is 8.02. The molecule has 2 aromatic rings. The molecule has 0 aliphatic heterocycles. The maximum Gasteiger partial charge on any atom is 0.407 e. The minimum atomic E-state index is -0.590. The Hall–Kier alpha value is -2.62. The molecule has 0 radical (unpaired) electrons. The summed E-state index contributed by atoms with van der Waals surface area (Å²) in [5.74, 6) is -0.426. The van der Waals surface area contributed by atoms with E-state index in [2.05, 4.69) is 38.5 Å². The minimum Gasteiger partial charge on any atom is -0.444 e. The Morgan fingerprint density at radius 2 is 1.63 bits per heavy atom. The molecule has 0 heterocycles. The van der Waals surface area contributed by atoms with Crippen molar-refractivity contribution in [2.24, 2.45) is 0 Å². The summed E-state index contributed by atoms with van der Waals surface area (Å²) in [6.45, 7) is 5.75. The summed E-state index contributed by atoms with van der Waals surface area (Å²) in [6, 6.07) is 14.6. The zero-order valence-electron chi connectivity index (χ0n) is 17.3. The highest BCUT2D eigenvalue weighted by atomic mass is 127. The second-order valence-corrected chi connectivity index (χ2v) is 8.71. The SMILES string of the molecule is CC(C)(C)OC(=O)NCCC(=O)Nc1ccccc1CNC(=O)c1ccccc1I. The summed E-state index contributed by atoms with van der Waals surface area (Å²) in [4.78, 5) is 36.3. The first-order valence-corrected chi connectivity index (χ1v) is 10.6. The van der Waals surface area contributed by atoms with Crippen LogP contribution in [0, 0.1) is 3.57 Å². The largest absolute Gasteiger partial charge is 0.444 e. The molecule has 7 nitrogen and oxygen atoms in total. The lowest BCUT2D eigenvalue weighted by atomic mass is 10.1. The fraction of sp³-hybridized carbons (Fsp3) is 0.318. The Balaban J connectivity index is 1.87. The highest BCUT2D eigenvalue weighted by Crippen LogP contribution is 2.16. The first-order valence-electron chi connectivity index (χ1n) is 9.53. The van der Waals surface area contributed by atoms with Gasteiger partial charge in [0.05, 0.1) is 5.56 Å². The van der Waals surface area contributed by atoms with E-state index in [1.165, 1.54) is 0 Å². The number of nitrogens with one attached hydrogen (secondary N) is 3. The summed E-state index contributed by atoms with van der Waals surface area (Å²) in [5, 5.41) is 8.26. The quantitative estimate of drug-likeness (QED) is 0.477. The number of rotatable bonds is 7. The van der Waals surface area contributed by atoms with Crippen LogP contribution in [0.4, 0.5) is 10.5 Å². The van der Waals surface area contributed by atoms with E-state index >= 15 is 0 Å². The van der Waals surface area contributed by atoms with Crippen molar-refractivity contribution in [3.05, 3.63) is 63.2 Å². The molecule has 2 rings (SSSR count). The van der Waals surface area contributed by atoms with Gasteiger partial charge in [0.2, 0.25) is 5.91 Å². The Morgan fingerprint density at radius 3 is 2.33 bits per heavy atom. The van der Waals surface area contributed by atoms with Gasteiger partial charge in [-0.2, -0.15) is 0 Å². The highest BCUT2D eigenvalue weighted by Gasteiger charge is 2.16. The third-order valence-electron chi connectivity index (χ3n) is 3.87. The fourth-order valence-corrected chi connectivity index (χ4v) is 3.15. The Kier molecular flexibility index (Phi) is 8.64. The van der Waals surface area contributed by atoms with E-state index in [-0.39, 0.29) is 31.3 Å². The lowest BCUT2D eigenvalue weighted by Gasteiger charge is -2.19. The lowest BCUT2D eigenvalue weighted by molar-refractivity contribution is -0.116. The minimum absolute atomic E-state index is 0.0994. The van der Waals surface area contributed by atoms with Crippen LogP contribution in [-0.2, 0) is 16.1 Å². The average molecular weight is 523 g/mol. The van der Waals surface area contributed by atoms with Crippen molar-refractivity contribution in [3.63, 3.8) is 0 Å². The predicted octanol–water partition coefficient (Wildman–Crippen LogP) is 4.07. The van der Waals surface area contributed by atoms with E-state index in [4.69, 9.17) is 4.74 Å². The van der Waals surface area contributed by atoms with Crippen molar-refractivity contribution < 1.29 is 19.1 Å². The Bertz CT molecular complexity index is 909. The standard InChI is InChI=1S/C22H26IN3O4/c1-22(2,3)30-21(29)24-13-12-19(27)26-18-11-7-4-8-15(18)14-25-20(28)16-9-5-6-10-17(16)23/h4-11H,12-14H2,1-3H3,(H,24,29)(H,25,28)(H,26,27). The van der Waals surface area contributed by atoms with E-state index in [0.717, 1.165) is 9.13 Å². The number of carbonyl (C=O) groups is 3. The molecule has 0 unspecified atom stereocenters. The normalized spacial score (nSPS) is 10.8. The van der Waals surface area contributed by atoms with Crippen LogP contribution in [0.5, 0.6) is 0 Å². The predicted molar refractivity (Wildman–Crippen MR) is 124 cm³/mol. The van der Waals surface area contributed by atoms with Gasteiger partial charge in [-0.15, -0.1) is 0 Å². The van der Waals surface area contributed by atoms with Gasteiger partial charge in [-0.1, -0.05) is 30.3 Å². The zero-order valence-corrected chi connectivity index (χ0v) is 19.4. The van der Waals surface area contributed by atoms with Gasteiger partial charge in [0.15, 0.2) is 0 Å². The third-order valence-corrected chi connectivity index (χ3v) is 4.81. The molecule has 3 N–H and O–H groups in total. The van der Waals surface area contributed by atoms with Crippen LogP contribution in [0.2, 0.25) is 0 Å². The van der Waals surface area contributed by atoms with Crippen molar-refractivity contribution >= 4 is 46.2 Å². The molecule has 160 valence electrons. The number of carbonyl (C=O) groups excluding carboxylic acids is 3. The van der Waals surface area contributed by atoms with E-state index in [1.807, 2.05) is 30.3 Å². The highest BCUT2D eigenvalue weighted by molar-refractivity contribution is 14.1. The van der Waals surface area contributed by atoms with E-state index in [0.29, 0.717) is 11.3 Å². The van der Waals surface area contributed by atoms with Crippen molar-refractivity contribution in [1.82, 2.24) is 10.6 Å². The molecule has 0 aliphatic carbocycles. The van der Waals surface area contributed by atoms with Gasteiger partial charge < -0.3 is 20.7 Å². The molecule has 3 amide bonds. The number of hydrogen-bond acceptors (Lipinski definition) is 4. The smallest absolute Gasteiger partial charge is 0.407 e. The van der Waals surface area contributed by atoms with Gasteiger partial charge in [0, 0.05) is 28.8 Å². The Labute approximate surface area is 190 Å². The van der Waals surface area contributed by atoms with E-state index in [9.17, 15) is 14.4 Å². The van der Waals surface area contributed by atoms with Crippen LogP contribution in [0.25, 0.3) is 0 Å². The molecule has 8 heteroatoms. The average Bonchev–Trinajstić information content (AvgIpc) is 2.66. The van der Waals surface area contributed by atoms with Crippen LogP contribution in [0.1, 0.15) is 43.1 Å². The van der Waals surface area contributed by atoms with Gasteiger partial charge >= 0.3 is 6.09 Å². The molecule has 0 saturated carbocycles. The summed E-state index contributed by atoms with van der Waals surface area (Å²) in [5.41, 5.74) is 1.41. The summed E-state index contributed by atoms with van der Waals surface area (Å²) < 4.78 is 6.00. The number of ether oxygens (including phenoxy) is 1. The maximum atomic E-state index is 12.4. The number of benzene rings is 2. The monoisotopic (exact) mass is 523 g/mol. The summed E-state index contributed by atoms with van der Waals surface area (Å²) in [7, 11) is 0. The zero-order chi connectivity index (χ0) is 22.1. The van der Waals surface area contributed by atoms with E-state index in [1.54, 1.807) is 39.0 Å². The molecule has 0 saturated heterocycles. The number of alkyl carbamates (subject to hydrolysis) is 1. The van der Waals surface area contributed by atoms with Crippen molar-refractivity contribution in [2.45, 2.75) is 39.3 Å². The summed E-state index contributed by atoms with van der Waals surface area (Å²) in [6.07, 6.45) is -0.462. The number of anilines is 1. The van der Waals surface area contributed by atoms with Crippen molar-refractivity contribution in [2.75, 3.05) is 11.9 Å². The molecule has 0 spiro atoms. The van der Waals surface area contributed by atoms with Gasteiger partial charge in [-0.3, -0.25) is 9.59 Å². The lowest BCUT2D eigenvalue weighted by Crippen LogP contribution is -2.34. The molecular weight excluding hydrogens is 497 g/mol. The second kappa shape index (κ2) is 11.0. The summed E-state index contributed by atoms with van der Waals surface area (Å²) >= 11 is 2.12. The fourth-order valence-electron chi connectivity index (χ4n) is 2.52. The van der Waals surface area contributed by atoms with Crippen molar-refractivity contribution in [3.8, 4) is 0 Å². The van der Waals surface area contributed by atoms with Crippen LogP contribution in [0.15, 0.2) is 48.5 Å². The molecule has 0 aromatic heterocycles. The number of amides is 3.